The van der Waals surface area contributed by atoms with Crippen molar-refractivity contribution in [3.8, 4) is 0 Å². The Bertz CT molecular complexity index is 482. The number of anilines is 1. The van der Waals surface area contributed by atoms with Crippen LogP contribution >= 0.6 is 0 Å². The quantitative estimate of drug-likeness (QED) is 0.664. The van der Waals surface area contributed by atoms with Crippen LogP contribution in [0.15, 0.2) is 18.2 Å². The van der Waals surface area contributed by atoms with Crippen molar-refractivity contribution >= 4 is 11.7 Å². The molecule has 1 unspecified atom stereocenters. The molecule has 7 heteroatoms. The lowest BCUT2D eigenvalue weighted by Crippen LogP contribution is -2.19. The minimum atomic E-state index is -4.55. The fourth-order valence-corrected chi connectivity index (χ4v) is 1.76. The van der Waals surface area contributed by atoms with Crippen LogP contribution in [-0.4, -0.2) is 25.3 Å². The molecule has 2 rings (SSSR count). The number of alkyl halides is 3. The van der Waals surface area contributed by atoms with E-state index in [2.05, 4.69) is 0 Å². The Morgan fingerprint density at radius 3 is 2.68 bits per heavy atom. The number of hydrogen-bond acceptors (Lipinski definition) is 4. The monoisotopic (exact) mass is 275 g/mol. The number of rotatable bonds is 2. The second kappa shape index (κ2) is 5.08. The van der Waals surface area contributed by atoms with Crippen LogP contribution in [0.25, 0.3) is 0 Å². The third-order valence-electron chi connectivity index (χ3n) is 2.68. The summed E-state index contributed by atoms with van der Waals surface area (Å²) in [5.41, 5.74) is 4.06. The molecule has 0 aromatic heterocycles. The highest BCUT2D eigenvalue weighted by Crippen LogP contribution is 2.31. The predicted octanol–water partition coefficient (Wildman–Crippen LogP) is 2.23. The number of nitrogen functional groups attached to an aromatic ring is 1. The molecule has 1 aromatic carbocycles. The molecule has 2 N–H and O–H groups in total. The Kier molecular flexibility index (Phi) is 3.66. The zero-order chi connectivity index (χ0) is 14.0. The van der Waals surface area contributed by atoms with E-state index in [1.807, 2.05) is 0 Å². The van der Waals surface area contributed by atoms with Crippen molar-refractivity contribution in [2.24, 2.45) is 0 Å². The Morgan fingerprint density at radius 2 is 2.11 bits per heavy atom. The highest BCUT2D eigenvalue weighted by molar-refractivity contribution is 5.91. The minimum absolute atomic E-state index is 0.135. The number of nitrogens with two attached hydrogens (primary N) is 1. The molecule has 104 valence electrons. The number of carbonyl (C=O) groups excluding carboxylic acids is 1. The molecule has 1 atom stereocenters. The van der Waals surface area contributed by atoms with Gasteiger partial charge < -0.3 is 15.2 Å². The topological polar surface area (TPSA) is 61.6 Å². The molecule has 0 bridgehead atoms. The van der Waals surface area contributed by atoms with E-state index in [4.69, 9.17) is 15.2 Å². The first-order valence-electron chi connectivity index (χ1n) is 5.63. The molecule has 0 radical (unpaired) electrons. The molecule has 0 aliphatic carbocycles. The number of halogens is 3. The van der Waals surface area contributed by atoms with Gasteiger partial charge in [0.25, 0.3) is 0 Å². The van der Waals surface area contributed by atoms with Gasteiger partial charge in [-0.05, 0) is 18.2 Å². The predicted molar refractivity (Wildman–Crippen MR) is 60.5 cm³/mol. The standard InChI is InChI=1S/C12H12F3NO3/c13-12(14,15)8-3-7(4-9(16)5-8)11(17)19-10-1-2-18-6-10/h3-5,10H,1-2,6,16H2. The van der Waals surface area contributed by atoms with Crippen LogP contribution in [0, 0.1) is 0 Å². The van der Waals surface area contributed by atoms with Gasteiger partial charge >= 0.3 is 12.1 Å². The molecule has 1 heterocycles. The van der Waals surface area contributed by atoms with E-state index in [0.717, 1.165) is 18.2 Å². The summed E-state index contributed by atoms with van der Waals surface area (Å²) in [6.07, 6.45) is -4.43. The zero-order valence-corrected chi connectivity index (χ0v) is 9.87. The van der Waals surface area contributed by atoms with Crippen molar-refractivity contribution in [3.05, 3.63) is 29.3 Å². The van der Waals surface area contributed by atoms with Crippen molar-refractivity contribution in [1.82, 2.24) is 0 Å². The second-order valence-electron chi connectivity index (χ2n) is 4.23. The van der Waals surface area contributed by atoms with Gasteiger partial charge in [-0.25, -0.2) is 4.79 Å². The minimum Gasteiger partial charge on any atom is -0.456 e. The maximum absolute atomic E-state index is 12.6. The molecule has 4 nitrogen and oxygen atoms in total. The van der Waals surface area contributed by atoms with E-state index in [9.17, 15) is 18.0 Å². The fourth-order valence-electron chi connectivity index (χ4n) is 1.76. The molecular weight excluding hydrogens is 263 g/mol. The maximum atomic E-state index is 12.6. The number of carbonyl (C=O) groups is 1. The number of esters is 1. The smallest absolute Gasteiger partial charge is 0.416 e. The van der Waals surface area contributed by atoms with Gasteiger partial charge in [0, 0.05) is 12.1 Å². The third kappa shape index (κ3) is 3.37. The highest BCUT2D eigenvalue weighted by Gasteiger charge is 2.32. The van der Waals surface area contributed by atoms with Gasteiger partial charge in [0.2, 0.25) is 0 Å². The highest BCUT2D eigenvalue weighted by atomic mass is 19.4. The first-order chi connectivity index (χ1) is 8.86. The number of benzene rings is 1. The van der Waals surface area contributed by atoms with Gasteiger partial charge in [0.05, 0.1) is 24.3 Å². The molecule has 1 fully saturated rings. The molecule has 1 aromatic rings. The van der Waals surface area contributed by atoms with Crippen molar-refractivity contribution in [3.63, 3.8) is 0 Å². The summed E-state index contributed by atoms with van der Waals surface area (Å²) in [6, 6.07) is 2.66. The molecular formula is C12H12F3NO3. The van der Waals surface area contributed by atoms with E-state index in [-0.39, 0.29) is 17.9 Å². The molecule has 1 saturated heterocycles. The van der Waals surface area contributed by atoms with Crippen LogP contribution in [0.5, 0.6) is 0 Å². The van der Waals surface area contributed by atoms with E-state index < -0.39 is 23.8 Å². The molecule has 0 saturated carbocycles. The zero-order valence-electron chi connectivity index (χ0n) is 9.87. The van der Waals surface area contributed by atoms with Gasteiger partial charge in [-0.2, -0.15) is 13.2 Å². The normalized spacial score (nSPS) is 19.4. The third-order valence-corrected chi connectivity index (χ3v) is 2.68. The van der Waals surface area contributed by atoms with Crippen molar-refractivity contribution < 1.29 is 27.4 Å². The van der Waals surface area contributed by atoms with Gasteiger partial charge in [-0.15, -0.1) is 0 Å². The summed E-state index contributed by atoms with van der Waals surface area (Å²) in [5, 5.41) is 0. The van der Waals surface area contributed by atoms with Crippen molar-refractivity contribution in [2.75, 3.05) is 18.9 Å². The Hall–Kier alpha value is -1.76. The van der Waals surface area contributed by atoms with Gasteiger partial charge in [-0.1, -0.05) is 0 Å². The molecule has 1 aliphatic heterocycles. The van der Waals surface area contributed by atoms with Gasteiger partial charge in [0.1, 0.15) is 6.10 Å². The van der Waals surface area contributed by atoms with E-state index in [1.54, 1.807) is 0 Å². The van der Waals surface area contributed by atoms with E-state index >= 15 is 0 Å². The molecule has 0 spiro atoms. The second-order valence-corrected chi connectivity index (χ2v) is 4.23. The Balaban J connectivity index is 2.19. The maximum Gasteiger partial charge on any atom is 0.416 e. The van der Waals surface area contributed by atoms with E-state index in [1.165, 1.54) is 0 Å². The van der Waals surface area contributed by atoms with Crippen LogP contribution in [0.3, 0.4) is 0 Å². The van der Waals surface area contributed by atoms with E-state index in [0.29, 0.717) is 13.0 Å². The average molecular weight is 275 g/mol. The van der Waals surface area contributed by atoms with Crippen LogP contribution in [0.1, 0.15) is 22.3 Å². The first-order valence-corrected chi connectivity index (χ1v) is 5.63. The average Bonchev–Trinajstić information content (AvgIpc) is 2.79. The first kappa shape index (κ1) is 13.7. The van der Waals surface area contributed by atoms with Crippen molar-refractivity contribution in [1.29, 1.82) is 0 Å². The Labute approximate surface area is 107 Å². The SMILES string of the molecule is Nc1cc(C(=O)OC2CCOC2)cc(C(F)(F)F)c1. The van der Waals surface area contributed by atoms with Crippen LogP contribution in [0.4, 0.5) is 18.9 Å². The summed E-state index contributed by atoms with van der Waals surface area (Å²) in [4.78, 5) is 11.7. The summed E-state index contributed by atoms with van der Waals surface area (Å²) in [6.45, 7) is 0.739. The van der Waals surface area contributed by atoms with Crippen molar-refractivity contribution in [2.45, 2.75) is 18.7 Å². The summed E-state index contributed by atoms with van der Waals surface area (Å²) in [7, 11) is 0. The fraction of sp³-hybridized carbons (Fsp3) is 0.417. The summed E-state index contributed by atoms with van der Waals surface area (Å²) >= 11 is 0. The van der Waals surface area contributed by atoms with Crippen LogP contribution in [0.2, 0.25) is 0 Å². The molecule has 1 aliphatic rings. The van der Waals surface area contributed by atoms with Crippen LogP contribution < -0.4 is 5.73 Å². The lowest BCUT2D eigenvalue weighted by atomic mass is 10.1. The van der Waals surface area contributed by atoms with Crippen LogP contribution in [-0.2, 0) is 15.7 Å². The number of ether oxygens (including phenoxy) is 2. The van der Waals surface area contributed by atoms with Gasteiger partial charge in [0.15, 0.2) is 0 Å². The Morgan fingerprint density at radius 1 is 1.37 bits per heavy atom. The lowest BCUT2D eigenvalue weighted by molar-refractivity contribution is -0.137. The summed E-state index contributed by atoms with van der Waals surface area (Å²) < 4.78 is 47.8. The lowest BCUT2D eigenvalue weighted by Gasteiger charge is -2.12. The molecule has 0 amide bonds. The summed E-state index contributed by atoms with van der Waals surface area (Å²) in [5.74, 6) is -0.826. The molecule has 19 heavy (non-hydrogen) atoms. The number of hydrogen-bond donors (Lipinski definition) is 1. The largest absolute Gasteiger partial charge is 0.456 e. The van der Waals surface area contributed by atoms with Gasteiger partial charge in [-0.3, -0.25) is 0 Å².